The lowest BCUT2D eigenvalue weighted by Crippen LogP contribution is -2.19. The second-order valence-corrected chi connectivity index (χ2v) is 6.88. The van der Waals surface area contributed by atoms with Crippen molar-refractivity contribution in [3.8, 4) is 0 Å². The first kappa shape index (κ1) is 18.7. The highest BCUT2D eigenvalue weighted by Crippen LogP contribution is 2.35. The molecule has 4 aromatic rings. The summed E-state index contributed by atoms with van der Waals surface area (Å²) in [6.07, 6.45) is -0.219. The minimum absolute atomic E-state index is 0.153. The van der Waals surface area contributed by atoms with Gasteiger partial charge in [0.1, 0.15) is 12.5 Å². The third-order valence-electron chi connectivity index (χ3n) is 5.06. The van der Waals surface area contributed by atoms with Gasteiger partial charge in [0.05, 0.1) is 6.42 Å². The quantitative estimate of drug-likeness (QED) is 0.467. The molecule has 0 aliphatic carbocycles. The molecule has 0 unspecified atom stereocenters. The fourth-order valence-electron chi connectivity index (χ4n) is 3.75. The summed E-state index contributed by atoms with van der Waals surface area (Å²) in [6.45, 7) is -0.153. The first-order valence-electron chi connectivity index (χ1n) is 9.49. The van der Waals surface area contributed by atoms with Crippen molar-refractivity contribution in [1.82, 2.24) is 0 Å². The molecule has 0 aliphatic rings. The minimum Gasteiger partial charge on any atom is -0.481 e. The van der Waals surface area contributed by atoms with Crippen molar-refractivity contribution in [3.05, 3.63) is 96.1 Å². The van der Waals surface area contributed by atoms with Crippen molar-refractivity contribution in [2.75, 3.05) is 6.61 Å². The van der Waals surface area contributed by atoms with E-state index in [4.69, 9.17) is 9.84 Å². The predicted molar refractivity (Wildman–Crippen MR) is 113 cm³/mol. The molecule has 0 atom stereocenters. The Morgan fingerprint density at radius 1 is 0.724 bits per heavy atom. The van der Waals surface area contributed by atoms with E-state index < -0.39 is 17.9 Å². The molecule has 0 fully saturated rings. The van der Waals surface area contributed by atoms with Crippen molar-refractivity contribution in [1.29, 1.82) is 0 Å². The van der Waals surface area contributed by atoms with Gasteiger partial charge in [-0.25, -0.2) is 0 Å². The van der Waals surface area contributed by atoms with Gasteiger partial charge in [-0.1, -0.05) is 84.9 Å². The van der Waals surface area contributed by atoms with Crippen molar-refractivity contribution in [3.63, 3.8) is 0 Å². The zero-order chi connectivity index (χ0) is 20.2. The summed E-state index contributed by atoms with van der Waals surface area (Å²) in [6, 6.07) is 27.6. The lowest BCUT2D eigenvalue weighted by Gasteiger charge is -2.20. The standard InChI is InChI=1S/C25H20O4/c26-23(27)15-16-29-25(28)24(21-13-5-9-17-7-1-3-11-19(17)21)22-14-6-10-18-8-2-4-12-20(18)22/h1-14,24H,15-16H2,(H,26,27). The Bertz CT molecular complexity index is 1110. The van der Waals surface area contributed by atoms with Crippen molar-refractivity contribution < 1.29 is 19.4 Å². The molecule has 0 bridgehead atoms. The highest BCUT2D eigenvalue weighted by Gasteiger charge is 2.27. The van der Waals surface area contributed by atoms with E-state index in [1.807, 2.05) is 84.9 Å². The maximum absolute atomic E-state index is 13.2. The third-order valence-corrected chi connectivity index (χ3v) is 5.06. The number of ether oxygens (including phenoxy) is 1. The maximum atomic E-state index is 13.2. The highest BCUT2D eigenvalue weighted by molar-refractivity contribution is 5.97. The van der Waals surface area contributed by atoms with Crippen molar-refractivity contribution >= 4 is 33.5 Å². The van der Waals surface area contributed by atoms with E-state index in [1.54, 1.807) is 0 Å². The van der Waals surface area contributed by atoms with E-state index in [9.17, 15) is 9.59 Å². The van der Waals surface area contributed by atoms with Crippen LogP contribution in [0.4, 0.5) is 0 Å². The Labute approximate surface area is 168 Å². The van der Waals surface area contributed by atoms with E-state index >= 15 is 0 Å². The van der Waals surface area contributed by atoms with E-state index in [-0.39, 0.29) is 13.0 Å². The van der Waals surface area contributed by atoms with Crippen molar-refractivity contribution in [2.45, 2.75) is 12.3 Å². The van der Waals surface area contributed by atoms with Crippen LogP contribution in [-0.2, 0) is 14.3 Å². The Hall–Kier alpha value is -3.66. The molecule has 0 spiro atoms. The smallest absolute Gasteiger partial charge is 0.317 e. The average Bonchev–Trinajstić information content (AvgIpc) is 2.74. The zero-order valence-corrected chi connectivity index (χ0v) is 15.7. The monoisotopic (exact) mass is 384 g/mol. The average molecular weight is 384 g/mol. The summed E-state index contributed by atoms with van der Waals surface area (Å²) < 4.78 is 5.40. The lowest BCUT2D eigenvalue weighted by atomic mass is 9.85. The van der Waals surface area contributed by atoms with Crippen LogP contribution in [0.25, 0.3) is 21.5 Å². The molecule has 0 heterocycles. The molecular formula is C25H20O4. The summed E-state index contributed by atoms with van der Waals surface area (Å²) in [5.41, 5.74) is 1.69. The number of rotatable bonds is 6. The van der Waals surface area contributed by atoms with E-state index in [0.29, 0.717) is 0 Å². The topological polar surface area (TPSA) is 63.6 Å². The number of carbonyl (C=O) groups excluding carboxylic acids is 1. The van der Waals surface area contributed by atoms with Crippen LogP contribution in [0.15, 0.2) is 84.9 Å². The van der Waals surface area contributed by atoms with Gasteiger partial charge >= 0.3 is 11.9 Å². The van der Waals surface area contributed by atoms with Crippen LogP contribution in [-0.4, -0.2) is 23.7 Å². The number of aliphatic carboxylic acids is 1. The van der Waals surface area contributed by atoms with E-state index in [0.717, 1.165) is 32.7 Å². The van der Waals surface area contributed by atoms with Gasteiger partial charge in [0.25, 0.3) is 0 Å². The van der Waals surface area contributed by atoms with Gasteiger partial charge < -0.3 is 9.84 Å². The zero-order valence-electron chi connectivity index (χ0n) is 15.7. The molecule has 1 N–H and O–H groups in total. The Morgan fingerprint density at radius 3 is 1.72 bits per heavy atom. The van der Waals surface area contributed by atoms with Gasteiger partial charge in [-0.3, -0.25) is 9.59 Å². The fourth-order valence-corrected chi connectivity index (χ4v) is 3.75. The van der Waals surface area contributed by atoms with Gasteiger partial charge in [0.2, 0.25) is 0 Å². The molecule has 29 heavy (non-hydrogen) atoms. The summed E-state index contributed by atoms with van der Waals surface area (Å²) in [5.74, 6) is -2.09. The largest absolute Gasteiger partial charge is 0.481 e. The molecule has 4 heteroatoms. The normalized spacial score (nSPS) is 11.1. The van der Waals surface area contributed by atoms with Gasteiger partial charge in [0, 0.05) is 0 Å². The van der Waals surface area contributed by atoms with Crippen LogP contribution < -0.4 is 0 Å². The number of benzene rings is 4. The molecular weight excluding hydrogens is 364 g/mol. The second-order valence-electron chi connectivity index (χ2n) is 6.88. The SMILES string of the molecule is O=C(O)CCOC(=O)C(c1cccc2ccccc12)c1cccc2ccccc12. The van der Waals surface area contributed by atoms with Gasteiger partial charge in [-0.05, 0) is 32.7 Å². The second kappa shape index (κ2) is 8.15. The molecule has 4 nitrogen and oxygen atoms in total. The molecule has 0 aliphatic heterocycles. The minimum atomic E-state index is -0.996. The van der Waals surface area contributed by atoms with Crippen LogP contribution >= 0.6 is 0 Å². The van der Waals surface area contributed by atoms with Crippen LogP contribution in [0.3, 0.4) is 0 Å². The van der Waals surface area contributed by atoms with Gasteiger partial charge in [-0.15, -0.1) is 0 Å². The Balaban J connectivity index is 1.87. The fraction of sp³-hybridized carbons (Fsp3) is 0.120. The molecule has 0 saturated carbocycles. The summed E-state index contributed by atoms with van der Waals surface area (Å²) >= 11 is 0. The summed E-state index contributed by atoms with van der Waals surface area (Å²) in [4.78, 5) is 24.0. The molecule has 0 amide bonds. The first-order valence-corrected chi connectivity index (χ1v) is 9.49. The molecule has 0 radical (unpaired) electrons. The first-order chi connectivity index (χ1) is 14.1. The molecule has 4 aromatic carbocycles. The molecule has 0 aromatic heterocycles. The van der Waals surface area contributed by atoms with Crippen LogP contribution in [0.2, 0.25) is 0 Å². The van der Waals surface area contributed by atoms with Crippen LogP contribution in [0, 0.1) is 0 Å². The molecule has 0 saturated heterocycles. The van der Waals surface area contributed by atoms with Crippen LogP contribution in [0.1, 0.15) is 23.5 Å². The number of carboxylic acid groups (broad SMARTS) is 1. The lowest BCUT2D eigenvalue weighted by molar-refractivity contribution is -0.147. The van der Waals surface area contributed by atoms with E-state index in [2.05, 4.69) is 0 Å². The van der Waals surface area contributed by atoms with Crippen LogP contribution in [0.5, 0.6) is 0 Å². The number of carbonyl (C=O) groups is 2. The molecule has 4 rings (SSSR count). The van der Waals surface area contributed by atoms with Gasteiger partial charge in [0.15, 0.2) is 0 Å². The van der Waals surface area contributed by atoms with E-state index in [1.165, 1.54) is 0 Å². The number of hydrogen-bond acceptors (Lipinski definition) is 3. The number of carboxylic acids is 1. The van der Waals surface area contributed by atoms with Crippen molar-refractivity contribution in [2.24, 2.45) is 0 Å². The Kier molecular flexibility index (Phi) is 5.25. The third kappa shape index (κ3) is 3.83. The number of fused-ring (bicyclic) bond motifs is 2. The highest BCUT2D eigenvalue weighted by atomic mass is 16.5. The summed E-state index contributed by atoms with van der Waals surface area (Å²) in [7, 11) is 0. The predicted octanol–water partition coefficient (Wildman–Crippen LogP) is 5.14. The number of esters is 1. The Morgan fingerprint density at radius 2 is 1.21 bits per heavy atom. The van der Waals surface area contributed by atoms with Gasteiger partial charge in [-0.2, -0.15) is 0 Å². The molecule has 144 valence electrons. The maximum Gasteiger partial charge on any atom is 0.317 e. The summed E-state index contributed by atoms with van der Waals surface area (Å²) in [5, 5.41) is 12.9. The number of hydrogen-bond donors (Lipinski definition) is 1.